The molecule has 138 valence electrons. The highest BCUT2D eigenvalue weighted by molar-refractivity contribution is 5.67. The monoisotopic (exact) mass is 356 g/mol. The van der Waals surface area contributed by atoms with Crippen molar-refractivity contribution >= 4 is 5.97 Å². The summed E-state index contributed by atoms with van der Waals surface area (Å²) in [4.78, 5) is 10.7. The average molecular weight is 356 g/mol. The van der Waals surface area contributed by atoms with E-state index in [1.807, 2.05) is 38.1 Å². The van der Waals surface area contributed by atoms with Crippen molar-refractivity contribution in [3.05, 3.63) is 53.8 Å². The number of carboxylic acid groups (broad SMARTS) is 1. The standard InChI is InChI=1S/C22H25FO3/c1-14(2)26-19-7-8-21(23)20(13-19)18-5-3-15(4-6-18)9-16-10-17(11-16)12-22(24)25/h3-8,13-14,16-17H,9-12H2,1-2H3,(H,24,25)/t16-,17+. The van der Waals surface area contributed by atoms with Gasteiger partial charge in [-0.15, -0.1) is 0 Å². The topological polar surface area (TPSA) is 46.5 Å². The average Bonchev–Trinajstić information content (AvgIpc) is 2.54. The number of halogens is 1. The minimum atomic E-state index is -0.705. The van der Waals surface area contributed by atoms with Crippen LogP contribution in [0.5, 0.6) is 5.75 Å². The molecule has 3 rings (SSSR count). The molecule has 0 saturated heterocycles. The van der Waals surface area contributed by atoms with E-state index in [1.54, 1.807) is 12.1 Å². The van der Waals surface area contributed by atoms with Gasteiger partial charge in [0.05, 0.1) is 6.10 Å². The van der Waals surface area contributed by atoms with Gasteiger partial charge >= 0.3 is 5.97 Å². The van der Waals surface area contributed by atoms with E-state index in [2.05, 4.69) is 0 Å². The van der Waals surface area contributed by atoms with E-state index < -0.39 is 5.97 Å². The van der Waals surface area contributed by atoms with E-state index in [0.717, 1.165) is 24.8 Å². The second kappa shape index (κ2) is 7.90. The molecule has 26 heavy (non-hydrogen) atoms. The molecule has 0 heterocycles. The normalized spacial score (nSPS) is 19.2. The van der Waals surface area contributed by atoms with E-state index >= 15 is 0 Å². The Balaban J connectivity index is 1.64. The zero-order chi connectivity index (χ0) is 18.7. The molecule has 2 aromatic rings. The third-order valence-electron chi connectivity index (χ3n) is 4.90. The first-order valence-corrected chi connectivity index (χ1v) is 9.18. The van der Waals surface area contributed by atoms with Gasteiger partial charge in [-0.1, -0.05) is 24.3 Å². The predicted molar refractivity (Wildman–Crippen MR) is 99.8 cm³/mol. The number of hydrogen-bond acceptors (Lipinski definition) is 2. The van der Waals surface area contributed by atoms with Crippen LogP contribution >= 0.6 is 0 Å². The van der Waals surface area contributed by atoms with Gasteiger partial charge in [0.25, 0.3) is 0 Å². The van der Waals surface area contributed by atoms with E-state index in [4.69, 9.17) is 9.84 Å². The largest absolute Gasteiger partial charge is 0.491 e. The van der Waals surface area contributed by atoms with Crippen LogP contribution in [0.4, 0.5) is 4.39 Å². The number of carbonyl (C=O) groups is 1. The van der Waals surface area contributed by atoms with Crippen molar-refractivity contribution in [1.29, 1.82) is 0 Å². The van der Waals surface area contributed by atoms with Gasteiger partial charge in [0.1, 0.15) is 11.6 Å². The Morgan fingerprint density at radius 1 is 1.15 bits per heavy atom. The zero-order valence-corrected chi connectivity index (χ0v) is 15.2. The Labute approximate surface area is 153 Å². The summed E-state index contributed by atoms with van der Waals surface area (Å²) in [6.45, 7) is 3.89. The Kier molecular flexibility index (Phi) is 5.60. The third kappa shape index (κ3) is 4.63. The van der Waals surface area contributed by atoms with Crippen LogP contribution in [0, 0.1) is 17.7 Å². The Morgan fingerprint density at radius 2 is 1.85 bits per heavy atom. The molecule has 0 radical (unpaired) electrons. The van der Waals surface area contributed by atoms with Gasteiger partial charge in [-0.3, -0.25) is 4.79 Å². The number of hydrogen-bond donors (Lipinski definition) is 1. The zero-order valence-electron chi connectivity index (χ0n) is 15.2. The molecule has 0 amide bonds. The van der Waals surface area contributed by atoms with Crippen LogP contribution in [0.2, 0.25) is 0 Å². The van der Waals surface area contributed by atoms with Crippen molar-refractivity contribution in [1.82, 2.24) is 0 Å². The molecule has 0 atom stereocenters. The molecule has 3 nitrogen and oxygen atoms in total. The summed E-state index contributed by atoms with van der Waals surface area (Å²) in [5, 5.41) is 8.81. The van der Waals surface area contributed by atoms with Gasteiger partial charge in [-0.25, -0.2) is 4.39 Å². The predicted octanol–water partition coefficient (Wildman–Crippen LogP) is 5.32. The fourth-order valence-electron chi connectivity index (χ4n) is 3.68. The summed E-state index contributed by atoms with van der Waals surface area (Å²) < 4.78 is 19.9. The Bertz CT molecular complexity index is 761. The van der Waals surface area contributed by atoms with Crippen molar-refractivity contribution < 1.29 is 19.0 Å². The number of carboxylic acids is 1. The molecule has 1 fully saturated rings. The quantitative estimate of drug-likeness (QED) is 0.730. The molecule has 0 bridgehead atoms. The molecule has 0 aromatic heterocycles. The van der Waals surface area contributed by atoms with Gasteiger partial charge in [-0.05, 0) is 74.3 Å². The lowest BCUT2D eigenvalue weighted by molar-refractivity contribution is -0.139. The van der Waals surface area contributed by atoms with Crippen LogP contribution < -0.4 is 4.74 Å². The molecule has 0 aliphatic heterocycles. The Morgan fingerprint density at radius 3 is 2.46 bits per heavy atom. The number of aliphatic carboxylic acids is 1. The first-order chi connectivity index (χ1) is 12.4. The number of benzene rings is 2. The van der Waals surface area contributed by atoms with Crippen LogP contribution in [0.15, 0.2) is 42.5 Å². The maximum atomic E-state index is 14.2. The molecule has 1 aliphatic rings. The van der Waals surface area contributed by atoms with Crippen molar-refractivity contribution in [3.8, 4) is 16.9 Å². The van der Waals surface area contributed by atoms with Crippen LogP contribution in [-0.4, -0.2) is 17.2 Å². The molecule has 1 N–H and O–H groups in total. The smallest absolute Gasteiger partial charge is 0.303 e. The minimum Gasteiger partial charge on any atom is -0.491 e. The maximum Gasteiger partial charge on any atom is 0.303 e. The molecule has 0 spiro atoms. The summed E-state index contributed by atoms with van der Waals surface area (Å²) >= 11 is 0. The summed E-state index contributed by atoms with van der Waals surface area (Å²) in [5.41, 5.74) is 2.58. The van der Waals surface area contributed by atoms with Crippen LogP contribution in [0.25, 0.3) is 11.1 Å². The van der Waals surface area contributed by atoms with E-state index in [0.29, 0.717) is 23.1 Å². The van der Waals surface area contributed by atoms with Crippen LogP contribution in [0.1, 0.15) is 38.7 Å². The van der Waals surface area contributed by atoms with Crippen molar-refractivity contribution in [2.45, 2.75) is 45.6 Å². The second-order valence-electron chi connectivity index (χ2n) is 7.51. The SMILES string of the molecule is CC(C)Oc1ccc(F)c(-c2ccc(C[C@H]3C[C@@H](CC(=O)O)C3)cc2)c1. The lowest BCUT2D eigenvalue weighted by atomic mass is 9.71. The summed E-state index contributed by atoms with van der Waals surface area (Å²) in [5.74, 6) is 0.589. The number of rotatable bonds is 7. The summed E-state index contributed by atoms with van der Waals surface area (Å²) in [6, 6.07) is 12.8. The maximum absolute atomic E-state index is 14.2. The molecule has 4 heteroatoms. The second-order valence-corrected chi connectivity index (χ2v) is 7.51. The fraction of sp³-hybridized carbons (Fsp3) is 0.409. The first-order valence-electron chi connectivity index (χ1n) is 9.18. The van der Waals surface area contributed by atoms with Gasteiger partial charge in [0.15, 0.2) is 0 Å². The highest BCUT2D eigenvalue weighted by atomic mass is 19.1. The summed E-state index contributed by atoms with van der Waals surface area (Å²) in [7, 11) is 0. The van der Waals surface area contributed by atoms with Gasteiger partial charge in [0.2, 0.25) is 0 Å². The highest BCUT2D eigenvalue weighted by Gasteiger charge is 2.30. The van der Waals surface area contributed by atoms with Crippen molar-refractivity contribution in [2.75, 3.05) is 0 Å². The van der Waals surface area contributed by atoms with Crippen LogP contribution in [-0.2, 0) is 11.2 Å². The molecule has 2 aromatic carbocycles. The van der Waals surface area contributed by atoms with Crippen molar-refractivity contribution in [2.24, 2.45) is 11.8 Å². The molecule has 1 aliphatic carbocycles. The van der Waals surface area contributed by atoms with Crippen molar-refractivity contribution in [3.63, 3.8) is 0 Å². The first kappa shape index (κ1) is 18.4. The van der Waals surface area contributed by atoms with Gasteiger partial charge in [0, 0.05) is 12.0 Å². The van der Waals surface area contributed by atoms with Crippen LogP contribution in [0.3, 0.4) is 0 Å². The fourth-order valence-corrected chi connectivity index (χ4v) is 3.68. The van der Waals surface area contributed by atoms with E-state index in [9.17, 15) is 9.18 Å². The summed E-state index contributed by atoms with van der Waals surface area (Å²) in [6.07, 6.45) is 3.25. The molecular formula is C22H25FO3. The van der Waals surface area contributed by atoms with Gasteiger partial charge in [-0.2, -0.15) is 0 Å². The molecule has 0 unspecified atom stereocenters. The third-order valence-corrected chi connectivity index (χ3v) is 4.90. The lowest BCUT2D eigenvalue weighted by Gasteiger charge is -2.34. The van der Waals surface area contributed by atoms with Gasteiger partial charge < -0.3 is 9.84 Å². The number of ether oxygens (including phenoxy) is 1. The minimum absolute atomic E-state index is 0.0446. The highest BCUT2D eigenvalue weighted by Crippen LogP contribution is 2.38. The molecule has 1 saturated carbocycles. The Hall–Kier alpha value is -2.36. The molecular weight excluding hydrogens is 331 g/mol. The van der Waals surface area contributed by atoms with E-state index in [1.165, 1.54) is 11.6 Å². The van der Waals surface area contributed by atoms with E-state index in [-0.39, 0.29) is 18.3 Å². The lowest BCUT2D eigenvalue weighted by Crippen LogP contribution is -2.27.